The zero-order valence-electron chi connectivity index (χ0n) is 13.7. The summed E-state index contributed by atoms with van der Waals surface area (Å²) in [4.78, 5) is 25.6. The standard InChI is InChI=1S/C19H15Cl2FN2O2/c20-14-5-3-11(12-4-6-16(22)15(21)10-12)9-13(14)17-18(25)23-7-1-2-8-24(23)19(17)26/h3-6,9-10,17H,1-2,7-8H2. The van der Waals surface area contributed by atoms with Crippen molar-refractivity contribution in [1.82, 2.24) is 10.0 Å². The first kappa shape index (κ1) is 17.3. The highest BCUT2D eigenvalue weighted by molar-refractivity contribution is 6.32. The van der Waals surface area contributed by atoms with Crippen LogP contribution in [-0.2, 0) is 9.59 Å². The van der Waals surface area contributed by atoms with E-state index in [-0.39, 0.29) is 16.8 Å². The van der Waals surface area contributed by atoms with Gasteiger partial charge < -0.3 is 0 Å². The fourth-order valence-corrected chi connectivity index (χ4v) is 3.92. The van der Waals surface area contributed by atoms with Crippen LogP contribution in [0.25, 0.3) is 11.1 Å². The van der Waals surface area contributed by atoms with Crippen LogP contribution in [0.4, 0.5) is 4.39 Å². The Bertz CT molecular complexity index is 894. The third-order valence-corrected chi connectivity index (χ3v) is 5.48. The van der Waals surface area contributed by atoms with Gasteiger partial charge in [-0.1, -0.05) is 35.3 Å². The van der Waals surface area contributed by atoms with Gasteiger partial charge in [-0.15, -0.1) is 0 Å². The molecule has 4 rings (SSSR count). The van der Waals surface area contributed by atoms with Crippen molar-refractivity contribution in [3.63, 3.8) is 0 Å². The number of hydrogen-bond donors (Lipinski definition) is 0. The monoisotopic (exact) mass is 392 g/mol. The van der Waals surface area contributed by atoms with Gasteiger partial charge in [-0.2, -0.15) is 0 Å². The molecule has 0 aromatic heterocycles. The maximum atomic E-state index is 13.4. The van der Waals surface area contributed by atoms with Gasteiger partial charge in [0.15, 0.2) is 0 Å². The molecule has 134 valence electrons. The molecular formula is C19H15Cl2FN2O2. The minimum Gasteiger partial charge on any atom is -0.272 e. The summed E-state index contributed by atoms with van der Waals surface area (Å²) in [5.41, 5.74) is 1.87. The molecule has 0 N–H and O–H groups in total. The molecule has 2 aliphatic heterocycles. The van der Waals surface area contributed by atoms with Gasteiger partial charge in [-0.05, 0) is 53.8 Å². The first-order valence-corrected chi connectivity index (χ1v) is 9.10. The molecule has 0 unspecified atom stereocenters. The van der Waals surface area contributed by atoms with Crippen LogP contribution in [-0.4, -0.2) is 34.9 Å². The van der Waals surface area contributed by atoms with Gasteiger partial charge in [-0.25, -0.2) is 4.39 Å². The Morgan fingerprint density at radius 2 is 1.42 bits per heavy atom. The van der Waals surface area contributed by atoms with Gasteiger partial charge in [0.2, 0.25) is 0 Å². The number of hydrogen-bond acceptors (Lipinski definition) is 2. The molecule has 0 saturated carbocycles. The Kier molecular flexibility index (Phi) is 4.37. The van der Waals surface area contributed by atoms with E-state index in [1.54, 1.807) is 24.3 Å². The Morgan fingerprint density at radius 1 is 0.846 bits per heavy atom. The van der Waals surface area contributed by atoms with E-state index in [4.69, 9.17) is 23.2 Å². The fraction of sp³-hybridized carbons (Fsp3) is 0.263. The van der Waals surface area contributed by atoms with Crippen LogP contribution in [0.5, 0.6) is 0 Å². The first-order chi connectivity index (χ1) is 12.5. The summed E-state index contributed by atoms with van der Waals surface area (Å²) in [5, 5.41) is 3.41. The molecule has 0 spiro atoms. The highest BCUT2D eigenvalue weighted by atomic mass is 35.5. The molecule has 0 bridgehead atoms. The molecule has 2 aromatic carbocycles. The normalized spacial score (nSPS) is 17.8. The van der Waals surface area contributed by atoms with Gasteiger partial charge in [0.05, 0.1) is 5.02 Å². The second-order valence-corrected chi connectivity index (χ2v) is 7.24. The van der Waals surface area contributed by atoms with Gasteiger partial charge in [-0.3, -0.25) is 19.6 Å². The minimum absolute atomic E-state index is 0.00950. The Balaban J connectivity index is 1.76. The Morgan fingerprint density at radius 3 is 2.04 bits per heavy atom. The minimum atomic E-state index is -0.934. The number of carbonyl (C=O) groups is 2. The number of halogens is 3. The molecule has 4 nitrogen and oxygen atoms in total. The molecule has 0 atom stereocenters. The van der Waals surface area contributed by atoms with Crippen molar-refractivity contribution in [2.75, 3.05) is 13.1 Å². The molecule has 0 radical (unpaired) electrons. The van der Waals surface area contributed by atoms with Gasteiger partial charge in [0.25, 0.3) is 11.8 Å². The fourth-order valence-electron chi connectivity index (χ4n) is 3.51. The molecule has 2 heterocycles. The quantitative estimate of drug-likeness (QED) is 0.716. The number of carbonyl (C=O) groups excluding carboxylic acids is 2. The molecule has 2 aromatic rings. The lowest BCUT2D eigenvalue weighted by Crippen LogP contribution is -2.45. The molecule has 2 aliphatic rings. The molecular weight excluding hydrogens is 378 g/mol. The maximum Gasteiger partial charge on any atom is 0.258 e. The van der Waals surface area contributed by atoms with Gasteiger partial charge in [0, 0.05) is 18.1 Å². The third-order valence-electron chi connectivity index (χ3n) is 4.84. The van der Waals surface area contributed by atoms with Crippen molar-refractivity contribution in [2.24, 2.45) is 0 Å². The molecule has 2 fully saturated rings. The summed E-state index contributed by atoms with van der Waals surface area (Å²) in [6.07, 6.45) is 1.76. The van der Waals surface area contributed by atoms with Crippen LogP contribution >= 0.6 is 23.2 Å². The van der Waals surface area contributed by atoms with E-state index in [2.05, 4.69) is 0 Å². The van der Waals surface area contributed by atoms with E-state index in [0.29, 0.717) is 34.8 Å². The Labute approximate surface area is 160 Å². The average molecular weight is 393 g/mol. The average Bonchev–Trinajstić information content (AvgIpc) is 2.89. The van der Waals surface area contributed by atoms with E-state index in [9.17, 15) is 14.0 Å². The predicted octanol–water partition coefficient (Wildman–Crippen LogP) is 4.26. The van der Waals surface area contributed by atoms with E-state index in [1.807, 2.05) is 0 Å². The third kappa shape index (κ3) is 2.75. The predicted molar refractivity (Wildman–Crippen MR) is 97.3 cm³/mol. The number of nitrogens with zero attached hydrogens (tertiary/aromatic N) is 2. The SMILES string of the molecule is O=C1C(c2cc(-c3ccc(F)c(Cl)c3)ccc2Cl)C(=O)N2CCCCN12. The highest BCUT2D eigenvalue weighted by Gasteiger charge is 2.47. The molecule has 2 amide bonds. The van der Waals surface area contributed by atoms with Crippen LogP contribution < -0.4 is 0 Å². The maximum absolute atomic E-state index is 13.4. The lowest BCUT2D eigenvalue weighted by Gasteiger charge is -2.31. The Hall–Kier alpha value is -2.11. The van der Waals surface area contributed by atoms with Crippen LogP contribution in [0.2, 0.25) is 10.0 Å². The van der Waals surface area contributed by atoms with E-state index in [0.717, 1.165) is 12.8 Å². The summed E-state index contributed by atoms with van der Waals surface area (Å²) in [6.45, 7) is 1.10. The summed E-state index contributed by atoms with van der Waals surface area (Å²) >= 11 is 12.2. The van der Waals surface area contributed by atoms with Crippen molar-refractivity contribution < 1.29 is 14.0 Å². The van der Waals surface area contributed by atoms with Crippen molar-refractivity contribution >= 4 is 35.0 Å². The number of rotatable bonds is 2. The van der Waals surface area contributed by atoms with Crippen LogP contribution in [0.1, 0.15) is 24.3 Å². The van der Waals surface area contributed by atoms with Crippen molar-refractivity contribution in [2.45, 2.75) is 18.8 Å². The van der Waals surface area contributed by atoms with Gasteiger partial charge >= 0.3 is 0 Å². The smallest absolute Gasteiger partial charge is 0.258 e. The van der Waals surface area contributed by atoms with Crippen molar-refractivity contribution in [3.05, 3.63) is 57.8 Å². The topological polar surface area (TPSA) is 40.6 Å². The van der Waals surface area contributed by atoms with E-state index in [1.165, 1.54) is 22.2 Å². The number of amides is 2. The lowest BCUT2D eigenvalue weighted by molar-refractivity contribution is -0.150. The summed E-state index contributed by atoms with van der Waals surface area (Å²) in [5.74, 6) is -1.93. The zero-order valence-corrected chi connectivity index (χ0v) is 15.2. The van der Waals surface area contributed by atoms with Crippen molar-refractivity contribution in [3.8, 4) is 11.1 Å². The second-order valence-electron chi connectivity index (χ2n) is 6.43. The summed E-state index contributed by atoms with van der Waals surface area (Å²) in [6, 6.07) is 9.51. The molecule has 2 saturated heterocycles. The number of benzene rings is 2. The summed E-state index contributed by atoms with van der Waals surface area (Å²) in [7, 11) is 0. The van der Waals surface area contributed by atoms with E-state index < -0.39 is 11.7 Å². The van der Waals surface area contributed by atoms with Crippen LogP contribution in [0.15, 0.2) is 36.4 Å². The second kappa shape index (κ2) is 6.56. The first-order valence-electron chi connectivity index (χ1n) is 8.35. The highest BCUT2D eigenvalue weighted by Crippen LogP contribution is 2.37. The zero-order chi connectivity index (χ0) is 18.4. The van der Waals surface area contributed by atoms with Gasteiger partial charge in [0.1, 0.15) is 11.7 Å². The van der Waals surface area contributed by atoms with Crippen LogP contribution in [0.3, 0.4) is 0 Å². The van der Waals surface area contributed by atoms with Crippen LogP contribution in [0, 0.1) is 5.82 Å². The summed E-state index contributed by atoms with van der Waals surface area (Å²) < 4.78 is 13.4. The van der Waals surface area contributed by atoms with Crippen molar-refractivity contribution in [1.29, 1.82) is 0 Å². The number of fused-ring (bicyclic) bond motifs is 1. The number of hydrazine groups is 1. The molecule has 0 aliphatic carbocycles. The lowest BCUT2D eigenvalue weighted by atomic mass is 9.94. The molecule has 26 heavy (non-hydrogen) atoms. The largest absolute Gasteiger partial charge is 0.272 e. The van der Waals surface area contributed by atoms with E-state index >= 15 is 0 Å². The molecule has 7 heteroatoms.